The van der Waals surface area contributed by atoms with Crippen molar-refractivity contribution in [3.05, 3.63) is 171 Å². The Morgan fingerprint density at radius 2 is 1.49 bits per heavy atom. The summed E-state index contributed by atoms with van der Waals surface area (Å²) in [6, 6.07) is 37.3. The van der Waals surface area contributed by atoms with Gasteiger partial charge in [0, 0.05) is 40.9 Å². The minimum atomic E-state index is -0.788. The maximum atomic E-state index is 14.6. The molecule has 8 heteroatoms. The highest BCUT2D eigenvalue weighted by atomic mass is 35.5. The molecule has 0 radical (unpaired) electrons. The summed E-state index contributed by atoms with van der Waals surface area (Å²) in [5.41, 5.74) is 6.01. The number of likely N-dealkylation sites (tertiary alicyclic amines) is 1. The highest BCUT2D eigenvalue weighted by Gasteiger charge is 2.41. The number of nitrogens with zero attached hydrogens (tertiary/aromatic N) is 1. The third kappa shape index (κ3) is 8.41. The van der Waals surface area contributed by atoms with E-state index in [9.17, 15) is 14.4 Å². The minimum absolute atomic E-state index is 0.0240. The van der Waals surface area contributed by atoms with Crippen LogP contribution in [0.25, 0.3) is 0 Å². The number of nitrogens with one attached hydrogen (secondary N) is 1. The monoisotopic (exact) mass is 700 g/mol. The van der Waals surface area contributed by atoms with Gasteiger partial charge in [-0.2, -0.15) is 0 Å². The smallest absolute Gasteiger partial charge is 0.336 e. The van der Waals surface area contributed by atoms with Crippen LogP contribution < -0.4 is 5.32 Å². The number of ether oxygens (including phenoxy) is 2. The number of amides is 1. The van der Waals surface area contributed by atoms with Crippen LogP contribution in [-0.4, -0.2) is 42.0 Å². The van der Waals surface area contributed by atoms with Crippen LogP contribution in [0.3, 0.4) is 0 Å². The molecule has 2 unspecified atom stereocenters. The Labute approximate surface area is 304 Å². The zero-order valence-electron chi connectivity index (χ0n) is 28.8. The van der Waals surface area contributed by atoms with Gasteiger partial charge in [-0.15, -0.1) is 0 Å². The SMILES string of the molecule is CC1=C(C(=O)OCCC(c2ccccc2)c2ccccc2)C(c2cccc(Cl)c2)C(C(=O)N2CCC(OCc3ccccc3)CC2=C=O)=C(C)N1. The first-order valence-electron chi connectivity index (χ1n) is 17.3. The fourth-order valence-electron chi connectivity index (χ4n) is 7.04. The van der Waals surface area contributed by atoms with Crippen LogP contribution in [0.5, 0.6) is 0 Å². The van der Waals surface area contributed by atoms with E-state index in [1.54, 1.807) is 25.1 Å². The van der Waals surface area contributed by atoms with Crippen LogP contribution in [0.1, 0.15) is 67.2 Å². The summed E-state index contributed by atoms with van der Waals surface area (Å²) in [6.45, 7) is 4.45. The van der Waals surface area contributed by atoms with Crippen molar-refractivity contribution < 1.29 is 23.9 Å². The Hall–Kier alpha value is -5.20. The molecule has 260 valence electrons. The summed E-state index contributed by atoms with van der Waals surface area (Å²) in [5.74, 6) is 0.344. The summed E-state index contributed by atoms with van der Waals surface area (Å²) >= 11 is 6.48. The van der Waals surface area contributed by atoms with E-state index in [0.717, 1.165) is 16.7 Å². The molecular weight excluding hydrogens is 660 g/mol. The number of carbonyl (C=O) groups excluding carboxylic acids is 3. The van der Waals surface area contributed by atoms with Gasteiger partial charge >= 0.3 is 5.97 Å². The summed E-state index contributed by atoms with van der Waals surface area (Å²) in [4.78, 5) is 42.5. The molecular formula is C43H41ClN2O5. The molecule has 4 aromatic carbocycles. The number of dihydropyridines is 1. The molecule has 1 saturated heterocycles. The standard InChI is InChI=1S/C43H41ClN2O5/c1-29-39(42(48)46-23-21-37(26-36(46)27-47)51-28-31-13-6-3-7-14-31)41(34-19-12-20-35(44)25-34)40(30(2)45-29)43(49)50-24-22-38(32-15-8-4-9-16-32)33-17-10-5-11-18-33/h3-20,25,37-38,41,45H,21-24,26,28H2,1-2H3. The third-order valence-corrected chi connectivity index (χ3v) is 9.78. The zero-order valence-corrected chi connectivity index (χ0v) is 29.6. The average molecular weight is 701 g/mol. The van der Waals surface area contributed by atoms with Crippen molar-refractivity contribution in [2.75, 3.05) is 13.2 Å². The second-order valence-electron chi connectivity index (χ2n) is 12.9. The molecule has 6 rings (SSSR count). The summed E-state index contributed by atoms with van der Waals surface area (Å²) in [7, 11) is 0. The van der Waals surface area contributed by atoms with Gasteiger partial charge in [0.15, 0.2) is 0 Å². The van der Waals surface area contributed by atoms with Gasteiger partial charge < -0.3 is 19.7 Å². The normalized spacial score (nSPS) is 17.6. The molecule has 0 saturated carbocycles. The molecule has 1 amide bonds. The molecule has 2 heterocycles. The van der Waals surface area contributed by atoms with Gasteiger partial charge in [0.1, 0.15) is 11.6 Å². The van der Waals surface area contributed by atoms with Crippen LogP contribution in [0.15, 0.2) is 143 Å². The number of piperidine rings is 1. The summed E-state index contributed by atoms with van der Waals surface area (Å²) in [5, 5.41) is 3.74. The van der Waals surface area contributed by atoms with Crippen molar-refractivity contribution in [2.24, 2.45) is 0 Å². The molecule has 7 nitrogen and oxygen atoms in total. The first kappa shape index (κ1) is 35.6. The summed E-state index contributed by atoms with van der Waals surface area (Å²) in [6.07, 6.45) is 1.12. The minimum Gasteiger partial charge on any atom is -0.462 e. The van der Waals surface area contributed by atoms with Crippen LogP contribution in [0, 0.1) is 0 Å². The van der Waals surface area contributed by atoms with Crippen molar-refractivity contribution in [1.82, 2.24) is 10.2 Å². The molecule has 4 aromatic rings. The van der Waals surface area contributed by atoms with E-state index < -0.39 is 11.9 Å². The van der Waals surface area contributed by atoms with Crippen molar-refractivity contribution in [3.8, 4) is 0 Å². The third-order valence-electron chi connectivity index (χ3n) is 9.55. The fraction of sp³-hybridized carbons (Fsp3) is 0.256. The average Bonchev–Trinajstić information content (AvgIpc) is 3.16. The Morgan fingerprint density at radius 1 is 0.863 bits per heavy atom. The molecule has 2 atom stereocenters. The first-order valence-corrected chi connectivity index (χ1v) is 17.6. The van der Waals surface area contributed by atoms with Gasteiger partial charge in [0.2, 0.25) is 0 Å². The molecule has 51 heavy (non-hydrogen) atoms. The predicted octanol–water partition coefficient (Wildman–Crippen LogP) is 8.26. The molecule has 2 aliphatic heterocycles. The lowest BCUT2D eigenvalue weighted by Crippen LogP contribution is -2.43. The molecule has 2 aliphatic rings. The Morgan fingerprint density at radius 3 is 2.12 bits per heavy atom. The highest BCUT2D eigenvalue weighted by Crippen LogP contribution is 2.41. The number of benzene rings is 4. The van der Waals surface area contributed by atoms with E-state index in [2.05, 4.69) is 29.6 Å². The molecule has 0 aromatic heterocycles. The van der Waals surface area contributed by atoms with Gasteiger partial charge in [-0.3, -0.25) is 4.79 Å². The van der Waals surface area contributed by atoms with E-state index in [0.29, 0.717) is 52.6 Å². The Kier molecular flexibility index (Phi) is 11.6. The van der Waals surface area contributed by atoms with Gasteiger partial charge in [-0.05, 0) is 61.1 Å². The van der Waals surface area contributed by atoms with Gasteiger partial charge in [0.05, 0.1) is 30.8 Å². The molecule has 0 bridgehead atoms. The first-order chi connectivity index (χ1) is 24.8. The van der Waals surface area contributed by atoms with E-state index in [1.165, 1.54) is 4.90 Å². The molecule has 1 N–H and O–H groups in total. The number of esters is 1. The maximum absolute atomic E-state index is 14.6. The number of rotatable bonds is 11. The second-order valence-corrected chi connectivity index (χ2v) is 13.3. The lowest BCUT2D eigenvalue weighted by Gasteiger charge is -2.37. The van der Waals surface area contributed by atoms with Crippen LogP contribution in [0.2, 0.25) is 5.02 Å². The lowest BCUT2D eigenvalue weighted by atomic mass is 9.79. The molecule has 0 aliphatic carbocycles. The second kappa shape index (κ2) is 16.7. The van der Waals surface area contributed by atoms with Gasteiger partial charge in [0.25, 0.3) is 5.91 Å². The number of carbonyl (C=O) groups is 2. The lowest BCUT2D eigenvalue weighted by molar-refractivity contribution is -0.139. The van der Waals surface area contributed by atoms with E-state index >= 15 is 0 Å². The largest absolute Gasteiger partial charge is 0.462 e. The zero-order chi connectivity index (χ0) is 35.7. The number of allylic oxidation sites excluding steroid dienone is 2. The molecule has 0 spiro atoms. The van der Waals surface area contributed by atoms with Crippen LogP contribution in [-0.2, 0) is 30.5 Å². The van der Waals surface area contributed by atoms with E-state index in [4.69, 9.17) is 21.1 Å². The number of hydrogen-bond acceptors (Lipinski definition) is 6. The van der Waals surface area contributed by atoms with Crippen molar-refractivity contribution in [1.29, 1.82) is 0 Å². The fourth-order valence-corrected chi connectivity index (χ4v) is 7.24. The highest BCUT2D eigenvalue weighted by molar-refractivity contribution is 6.30. The predicted molar refractivity (Wildman–Crippen MR) is 198 cm³/mol. The summed E-state index contributed by atoms with van der Waals surface area (Å²) < 4.78 is 12.2. The quantitative estimate of drug-likeness (QED) is 0.125. The maximum Gasteiger partial charge on any atom is 0.336 e. The van der Waals surface area contributed by atoms with E-state index in [-0.39, 0.29) is 43.2 Å². The van der Waals surface area contributed by atoms with Crippen LogP contribution in [0.4, 0.5) is 0 Å². The Balaban J connectivity index is 1.23. The number of halogens is 1. The topological polar surface area (TPSA) is 84.9 Å². The Bertz CT molecular complexity index is 1930. The van der Waals surface area contributed by atoms with Gasteiger partial charge in [-0.25, -0.2) is 9.59 Å². The van der Waals surface area contributed by atoms with Crippen molar-refractivity contribution in [3.63, 3.8) is 0 Å². The van der Waals surface area contributed by atoms with Crippen LogP contribution >= 0.6 is 11.6 Å². The van der Waals surface area contributed by atoms with E-state index in [1.807, 2.05) is 85.7 Å². The van der Waals surface area contributed by atoms with Crippen molar-refractivity contribution >= 4 is 29.4 Å². The molecule has 1 fully saturated rings. The number of hydrogen-bond donors (Lipinski definition) is 1. The van der Waals surface area contributed by atoms with Gasteiger partial charge in [-0.1, -0.05) is 115 Å². The van der Waals surface area contributed by atoms with Crippen molar-refractivity contribution in [2.45, 2.75) is 57.7 Å².